The van der Waals surface area contributed by atoms with Gasteiger partial charge in [0.15, 0.2) is 11.5 Å². The predicted octanol–water partition coefficient (Wildman–Crippen LogP) is 5.92. The Morgan fingerprint density at radius 2 is 1.66 bits per heavy atom. The van der Waals surface area contributed by atoms with Gasteiger partial charge in [0.1, 0.15) is 5.75 Å². The lowest BCUT2D eigenvalue weighted by Gasteiger charge is -2.12. The number of ether oxygens (including phenoxy) is 3. The molecule has 0 aromatic heterocycles. The Bertz CT molecular complexity index is 1300. The molecule has 35 heavy (non-hydrogen) atoms. The Kier molecular flexibility index (Phi) is 7.57. The van der Waals surface area contributed by atoms with Crippen molar-refractivity contribution in [2.24, 2.45) is 0 Å². The number of halogens is 1. The van der Waals surface area contributed by atoms with E-state index in [1.807, 2.05) is 24.3 Å². The molecule has 0 N–H and O–H groups in total. The van der Waals surface area contributed by atoms with Crippen molar-refractivity contribution in [3.63, 3.8) is 0 Å². The number of hydrogen-bond acceptors (Lipinski definition) is 7. The molecule has 4 rings (SSSR count). The second-order valence-corrected chi connectivity index (χ2v) is 9.33. The lowest BCUT2D eigenvalue weighted by Crippen LogP contribution is -2.27. The summed E-state index contributed by atoms with van der Waals surface area (Å²) in [6.07, 6.45) is 1.59. The van der Waals surface area contributed by atoms with Crippen LogP contribution in [0, 0.1) is 0 Å². The monoisotopic (exact) mass is 553 g/mol. The van der Waals surface area contributed by atoms with Crippen molar-refractivity contribution in [1.29, 1.82) is 0 Å². The molecule has 1 aliphatic heterocycles. The average molecular weight is 554 g/mol. The van der Waals surface area contributed by atoms with Gasteiger partial charge in [0.25, 0.3) is 11.1 Å². The summed E-state index contributed by atoms with van der Waals surface area (Å²) in [5.74, 6) is 0.215. The van der Waals surface area contributed by atoms with E-state index in [2.05, 4.69) is 15.9 Å². The third-order valence-corrected chi connectivity index (χ3v) is 6.58. The SMILES string of the molecule is COc1ccc(C(=O)Oc2cc(/C=C3\SC(=O)N(Cc4ccc(Br)cc4)C3=O)ccc2OC)cc1. The average Bonchev–Trinajstić information content (AvgIpc) is 3.12. The van der Waals surface area contributed by atoms with Crippen LogP contribution in [0.3, 0.4) is 0 Å². The van der Waals surface area contributed by atoms with Crippen molar-refractivity contribution in [3.8, 4) is 17.2 Å². The Morgan fingerprint density at radius 1 is 0.943 bits per heavy atom. The zero-order chi connectivity index (χ0) is 24.9. The van der Waals surface area contributed by atoms with Gasteiger partial charge in [-0.1, -0.05) is 34.1 Å². The number of rotatable bonds is 7. The van der Waals surface area contributed by atoms with E-state index in [-0.39, 0.29) is 28.3 Å². The van der Waals surface area contributed by atoms with Crippen LogP contribution in [0.5, 0.6) is 17.2 Å². The van der Waals surface area contributed by atoms with E-state index in [1.165, 1.54) is 12.0 Å². The molecular weight excluding hydrogens is 534 g/mol. The van der Waals surface area contributed by atoms with E-state index in [4.69, 9.17) is 14.2 Å². The molecule has 3 aromatic carbocycles. The van der Waals surface area contributed by atoms with Crippen molar-refractivity contribution in [2.75, 3.05) is 14.2 Å². The number of thioether (sulfide) groups is 1. The first kappa shape index (κ1) is 24.6. The van der Waals surface area contributed by atoms with Gasteiger partial charge in [0.2, 0.25) is 0 Å². The van der Waals surface area contributed by atoms with Crippen molar-refractivity contribution in [2.45, 2.75) is 6.54 Å². The van der Waals surface area contributed by atoms with E-state index >= 15 is 0 Å². The molecule has 0 atom stereocenters. The summed E-state index contributed by atoms with van der Waals surface area (Å²) >= 11 is 4.24. The van der Waals surface area contributed by atoms with Gasteiger partial charge in [-0.25, -0.2) is 4.79 Å². The van der Waals surface area contributed by atoms with E-state index in [0.29, 0.717) is 22.6 Å². The summed E-state index contributed by atoms with van der Waals surface area (Å²) in [5, 5.41) is -0.344. The number of carbonyl (C=O) groups is 3. The number of hydrogen-bond donors (Lipinski definition) is 0. The van der Waals surface area contributed by atoms with Crippen LogP contribution in [-0.4, -0.2) is 36.2 Å². The van der Waals surface area contributed by atoms with Crippen LogP contribution in [0.15, 0.2) is 76.1 Å². The van der Waals surface area contributed by atoms with Gasteiger partial charge >= 0.3 is 5.97 Å². The van der Waals surface area contributed by atoms with Crippen molar-refractivity contribution in [1.82, 2.24) is 4.90 Å². The summed E-state index contributed by atoms with van der Waals surface area (Å²) in [6.45, 7) is 0.183. The van der Waals surface area contributed by atoms with Crippen LogP contribution >= 0.6 is 27.7 Å². The number of benzene rings is 3. The third kappa shape index (κ3) is 5.75. The smallest absolute Gasteiger partial charge is 0.343 e. The highest BCUT2D eigenvalue weighted by Crippen LogP contribution is 2.35. The molecule has 178 valence electrons. The van der Waals surface area contributed by atoms with E-state index in [9.17, 15) is 14.4 Å². The summed E-state index contributed by atoms with van der Waals surface area (Å²) in [5.41, 5.74) is 1.76. The molecule has 0 bridgehead atoms. The van der Waals surface area contributed by atoms with Gasteiger partial charge in [-0.3, -0.25) is 14.5 Å². The highest BCUT2D eigenvalue weighted by atomic mass is 79.9. The maximum atomic E-state index is 12.9. The number of amides is 2. The lowest BCUT2D eigenvalue weighted by atomic mass is 10.1. The molecule has 3 aromatic rings. The third-order valence-electron chi connectivity index (χ3n) is 5.14. The van der Waals surface area contributed by atoms with E-state index in [1.54, 1.807) is 55.7 Å². The Morgan fingerprint density at radius 3 is 2.31 bits per heavy atom. The molecule has 0 spiro atoms. The Balaban J connectivity index is 1.53. The van der Waals surface area contributed by atoms with Crippen LogP contribution in [0.4, 0.5) is 4.79 Å². The van der Waals surface area contributed by atoms with Crippen LogP contribution in [0.2, 0.25) is 0 Å². The van der Waals surface area contributed by atoms with Gasteiger partial charge in [0.05, 0.1) is 31.2 Å². The number of imide groups is 1. The molecule has 0 radical (unpaired) electrons. The van der Waals surface area contributed by atoms with Crippen LogP contribution in [0.1, 0.15) is 21.5 Å². The molecule has 1 heterocycles. The summed E-state index contributed by atoms with van der Waals surface area (Å²) < 4.78 is 16.9. The van der Waals surface area contributed by atoms with Gasteiger partial charge < -0.3 is 14.2 Å². The highest BCUT2D eigenvalue weighted by molar-refractivity contribution is 9.10. The summed E-state index contributed by atoms with van der Waals surface area (Å²) in [4.78, 5) is 39.5. The fourth-order valence-electron chi connectivity index (χ4n) is 3.31. The minimum Gasteiger partial charge on any atom is -0.497 e. The number of esters is 1. The zero-order valence-electron chi connectivity index (χ0n) is 18.8. The molecule has 0 aliphatic carbocycles. The van der Waals surface area contributed by atoms with Crippen molar-refractivity contribution >= 4 is 50.9 Å². The fraction of sp³-hybridized carbons (Fsp3) is 0.115. The maximum Gasteiger partial charge on any atom is 0.343 e. The van der Waals surface area contributed by atoms with Gasteiger partial charge in [0, 0.05) is 4.47 Å². The van der Waals surface area contributed by atoms with E-state index < -0.39 is 5.97 Å². The predicted molar refractivity (Wildman–Crippen MR) is 137 cm³/mol. The first-order chi connectivity index (χ1) is 16.9. The first-order valence-electron chi connectivity index (χ1n) is 10.4. The number of carbonyl (C=O) groups excluding carboxylic acids is 3. The Hall–Kier alpha value is -3.56. The normalized spacial score (nSPS) is 14.4. The molecule has 2 amide bonds. The highest BCUT2D eigenvalue weighted by Gasteiger charge is 2.35. The minimum absolute atomic E-state index is 0.183. The van der Waals surface area contributed by atoms with Gasteiger partial charge in [-0.05, 0) is 77.5 Å². The number of methoxy groups -OCH3 is 2. The minimum atomic E-state index is -0.571. The van der Waals surface area contributed by atoms with Gasteiger partial charge in [-0.15, -0.1) is 0 Å². The van der Waals surface area contributed by atoms with Crippen LogP contribution in [0.25, 0.3) is 6.08 Å². The largest absolute Gasteiger partial charge is 0.497 e. The molecule has 7 nitrogen and oxygen atoms in total. The first-order valence-corrected chi connectivity index (χ1v) is 12.0. The second-order valence-electron chi connectivity index (χ2n) is 7.42. The lowest BCUT2D eigenvalue weighted by molar-refractivity contribution is -0.123. The fourth-order valence-corrected chi connectivity index (χ4v) is 4.41. The zero-order valence-corrected chi connectivity index (χ0v) is 21.2. The topological polar surface area (TPSA) is 82.1 Å². The second kappa shape index (κ2) is 10.8. The van der Waals surface area contributed by atoms with Crippen LogP contribution in [-0.2, 0) is 11.3 Å². The molecule has 1 saturated heterocycles. The molecule has 0 saturated carbocycles. The van der Waals surface area contributed by atoms with E-state index in [0.717, 1.165) is 21.8 Å². The molecular formula is C26H20BrNO6S. The van der Waals surface area contributed by atoms with Crippen molar-refractivity contribution in [3.05, 3.63) is 92.8 Å². The quantitative estimate of drug-likeness (QED) is 0.204. The molecule has 1 fully saturated rings. The molecule has 0 unspecified atom stereocenters. The molecule has 1 aliphatic rings. The molecule has 9 heteroatoms. The van der Waals surface area contributed by atoms with Gasteiger partial charge in [-0.2, -0.15) is 0 Å². The van der Waals surface area contributed by atoms with Crippen LogP contribution < -0.4 is 14.2 Å². The summed E-state index contributed by atoms with van der Waals surface area (Å²) in [7, 11) is 3.01. The Labute approximate surface area is 214 Å². The summed E-state index contributed by atoms with van der Waals surface area (Å²) in [6, 6.07) is 18.9. The maximum absolute atomic E-state index is 12.9. The number of nitrogens with zero attached hydrogens (tertiary/aromatic N) is 1. The standard InChI is InChI=1S/C26H20BrNO6S/c1-32-20-10-6-18(7-11-20)25(30)34-22-13-17(5-12-21(22)33-2)14-23-24(29)28(26(31)35-23)15-16-3-8-19(27)9-4-16/h3-14H,15H2,1-2H3/b23-14-. The van der Waals surface area contributed by atoms with Crippen molar-refractivity contribution < 1.29 is 28.6 Å².